The number of halogens is 1. The van der Waals surface area contributed by atoms with Crippen LogP contribution in [0.4, 0.5) is 0 Å². The van der Waals surface area contributed by atoms with Crippen LogP contribution in [0.3, 0.4) is 0 Å². The first-order valence-electron chi connectivity index (χ1n) is 6.89. The van der Waals surface area contributed by atoms with E-state index in [1.807, 2.05) is 12.1 Å². The van der Waals surface area contributed by atoms with Gasteiger partial charge in [-0.25, -0.2) is 8.42 Å². The Kier molecular flexibility index (Phi) is 5.65. The largest absolute Gasteiger partial charge is 0.290 e. The quantitative estimate of drug-likeness (QED) is 0.607. The second-order valence-electron chi connectivity index (χ2n) is 4.97. The molecular weight excluding hydrogens is 308 g/mol. The summed E-state index contributed by atoms with van der Waals surface area (Å²) in [7, 11) is -3.41. The standard InChI is InChI=1S/C15H19ClN2O2S/c1-2-9-17-10-12-18(13-11-17)21(19,20)15-5-3-14(4-6-15)7-8-16/h1,3-6H,7-13H2. The lowest BCUT2D eigenvalue weighted by atomic mass is 10.2. The zero-order valence-corrected chi connectivity index (χ0v) is 13.4. The second kappa shape index (κ2) is 7.28. The summed E-state index contributed by atoms with van der Waals surface area (Å²) in [4.78, 5) is 2.42. The molecule has 1 saturated heterocycles. The average molecular weight is 327 g/mol. The molecule has 0 bridgehead atoms. The van der Waals surface area contributed by atoms with E-state index in [0.717, 1.165) is 12.0 Å². The van der Waals surface area contributed by atoms with Crippen molar-refractivity contribution in [3.8, 4) is 12.3 Å². The summed E-state index contributed by atoms with van der Waals surface area (Å²) in [5.74, 6) is 3.12. The van der Waals surface area contributed by atoms with Crippen molar-refractivity contribution in [1.82, 2.24) is 9.21 Å². The van der Waals surface area contributed by atoms with Crippen LogP contribution in [0.5, 0.6) is 0 Å². The van der Waals surface area contributed by atoms with Gasteiger partial charge in [0, 0.05) is 32.1 Å². The molecule has 0 saturated carbocycles. The molecule has 114 valence electrons. The predicted molar refractivity (Wildman–Crippen MR) is 84.9 cm³/mol. The molecule has 1 aliphatic rings. The van der Waals surface area contributed by atoms with Crippen molar-refractivity contribution in [3.05, 3.63) is 29.8 Å². The number of alkyl halides is 1. The first-order chi connectivity index (χ1) is 10.1. The predicted octanol–water partition coefficient (Wildman–Crippen LogP) is 1.41. The zero-order chi connectivity index (χ0) is 15.3. The fourth-order valence-electron chi connectivity index (χ4n) is 2.34. The van der Waals surface area contributed by atoms with Gasteiger partial charge in [-0.15, -0.1) is 18.0 Å². The Morgan fingerprint density at radius 3 is 2.29 bits per heavy atom. The molecule has 2 rings (SSSR count). The van der Waals surface area contributed by atoms with Crippen LogP contribution < -0.4 is 0 Å². The number of rotatable bonds is 5. The molecule has 1 aliphatic heterocycles. The molecule has 1 heterocycles. The summed E-state index contributed by atoms with van der Waals surface area (Å²) in [6.07, 6.45) is 6.02. The van der Waals surface area contributed by atoms with E-state index in [1.165, 1.54) is 4.31 Å². The fraction of sp³-hybridized carbons (Fsp3) is 0.467. The highest BCUT2D eigenvalue weighted by Crippen LogP contribution is 2.18. The number of aryl methyl sites for hydroxylation is 1. The summed E-state index contributed by atoms with van der Waals surface area (Å²) < 4.78 is 26.6. The van der Waals surface area contributed by atoms with E-state index in [2.05, 4.69) is 10.8 Å². The van der Waals surface area contributed by atoms with Crippen LogP contribution in [0.1, 0.15) is 5.56 Å². The highest BCUT2D eigenvalue weighted by atomic mass is 35.5. The molecule has 0 aliphatic carbocycles. The highest BCUT2D eigenvalue weighted by Gasteiger charge is 2.27. The number of piperazine rings is 1. The van der Waals surface area contributed by atoms with Gasteiger partial charge in [-0.2, -0.15) is 4.31 Å². The normalized spacial score (nSPS) is 17.5. The summed E-state index contributed by atoms with van der Waals surface area (Å²) >= 11 is 5.68. The molecule has 1 aromatic rings. The van der Waals surface area contributed by atoms with Gasteiger partial charge < -0.3 is 0 Å². The van der Waals surface area contributed by atoms with Gasteiger partial charge in [0.1, 0.15) is 0 Å². The third-order valence-corrected chi connectivity index (χ3v) is 5.69. The van der Waals surface area contributed by atoms with Crippen molar-refractivity contribution < 1.29 is 8.42 Å². The van der Waals surface area contributed by atoms with E-state index in [1.54, 1.807) is 12.1 Å². The lowest BCUT2D eigenvalue weighted by Crippen LogP contribution is -2.48. The van der Waals surface area contributed by atoms with Gasteiger partial charge in [-0.1, -0.05) is 18.1 Å². The fourth-order valence-corrected chi connectivity index (χ4v) is 3.98. The van der Waals surface area contributed by atoms with Gasteiger partial charge in [-0.3, -0.25) is 4.90 Å². The molecule has 0 N–H and O–H groups in total. The number of terminal acetylenes is 1. The Hall–Kier alpha value is -1.06. The second-order valence-corrected chi connectivity index (χ2v) is 7.28. The molecule has 6 heteroatoms. The Balaban J connectivity index is 2.07. The number of sulfonamides is 1. The van der Waals surface area contributed by atoms with Gasteiger partial charge in [0.05, 0.1) is 11.4 Å². The number of hydrogen-bond donors (Lipinski definition) is 0. The van der Waals surface area contributed by atoms with Crippen LogP contribution in [0.15, 0.2) is 29.2 Å². The molecule has 0 radical (unpaired) electrons. The van der Waals surface area contributed by atoms with Gasteiger partial charge in [0.15, 0.2) is 0 Å². The molecule has 21 heavy (non-hydrogen) atoms. The highest BCUT2D eigenvalue weighted by molar-refractivity contribution is 7.89. The van der Waals surface area contributed by atoms with Crippen molar-refractivity contribution in [2.24, 2.45) is 0 Å². The molecule has 0 unspecified atom stereocenters. The molecule has 1 fully saturated rings. The minimum atomic E-state index is -3.41. The van der Waals surface area contributed by atoms with E-state index in [0.29, 0.717) is 43.5 Å². The lowest BCUT2D eigenvalue weighted by Gasteiger charge is -2.32. The van der Waals surface area contributed by atoms with Crippen LogP contribution in [0.25, 0.3) is 0 Å². The van der Waals surface area contributed by atoms with E-state index >= 15 is 0 Å². The first kappa shape index (κ1) is 16.3. The van der Waals surface area contributed by atoms with E-state index in [-0.39, 0.29) is 0 Å². The van der Waals surface area contributed by atoms with Crippen molar-refractivity contribution >= 4 is 21.6 Å². The van der Waals surface area contributed by atoms with Crippen molar-refractivity contribution in [3.63, 3.8) is 0 Å². The molecular formula is C15H19ClN2O2S. The minimum Gasteiger partial charge on any atom is -0.290 e. The molecule has 0 spiro atoms. The Bertz CT molecular complexity index is 600. The zero-order valence-electron chi connectivity index (χ0n) is 11.8. The smallest absolute Gasteiger partial charge is 0.243 e. The first-order valence-corrected chi connectivity index (χ1v) is 8.86. The van der Waals surface area contributed by atoms with Gasteiger partial charge in [0.25, 0.3) is 0 Å². The number of hydrogen-bond acceptors (Lipinski definition) is 3. The van der Waals surface area contributed by atoms with Crippen LogP contribution in [0.2, 0.25) is 0 Å². The minimum absolute atomic E-state index is 0.339. The van der Waals surface area contributed by atoms with E-state index in [9.17, 15) is 8.42 Å². The Morgan fingerprint density at radius 1 is 1.14 bits per heavy atom. The summed E-state index contributed by atoms with van der Waals surface area (Å²) in [5.41, 5.74) is 1.04. The molecule has 0 aromatic heterocycles. The van der Waals surface area contributed by atoms with Crippen molar-refractivity contribution in [2.75, 3.05) is 38.6 Å². The molecule has 1 aromatic carbocycles. The van der Waals surface area contributed by atoms with Gasteiger partial charge in [0.2, 0.25) is 10.0 Å². The molecule has 0 atom stereocenters. The topological polar surface area (TPSA) is 40.6 Å². The summed E-state index contributed by atoms with van der Waals surface area (Å²) in [6.45, 7) is 2.88. The van der Waals surface area contributed by atoms with Crippen molar-refractivity contribution in [2.45, 2.75) is 11.3 Å². The molecule has 0 amide bonds. The Labute approximate surface area is 131 Å². The van der Waals surface area contributed by atoms with Crippen LogP contribution >= 0.6 is 11.6 Å². The summed E-state index contributed by atoms with van der Waals surface area (Å²) in [5, 5.41) is 0. The summed E-state index contributed by atoms with van der Waals surface area (Å²) in [6, 6.07) is 6.96. The van der Waals surface area contributed by atoms with Gasteiger partial charge >= 0.3 is 0 Å². The van der Waals surface area contributed by atoms with Gasteiger partial charge in [-0.05, 0) is 24.1 Å². The van der Waals surface area contributed by atoms with Crippen LogP contribution in [-0.2, 0) is 16.4 Å². The maximum atomic E-state index is 12.6. The number of nitrogens with zero attached hydrogens (tertiary/aromatic N) is 2. The lowest BCUT2D eigenvalue weighted by molar-refractivity contribution is 0.207. The van der Waals surface area contributed by atoms with E-state index in [4.69, 9.17) is 18.0 Å². The third-order valence-electron chi connectivity index (χ3n) is 3.59. The average Bonchev–Trinajstić information content (AvgIpc) is 2.49. The molecule has 4 nitrogen and oxygen atoms in total. The van der Waals surface area contributed by atoms with Crippen LogP contribution in [0, 0.1) is 12.3 Å². The Morgan fingerprint density at radius 2 is 1.76 bits per heavy atom. The van der Waals surface area contributed by atoms with Crippen LogP contribution in [-0.4, -0.2) is 56.2 Å². The maximum Gasteiger partial charge on any atom is 0.243 e. The van der Waals surface area contributed by atoms with Crippen molar-refractivity contribution in [1.29, 1.82) is 0 Å². The van der Waals surface area contributed by atoms with E-state index < -0.39 is 10.0 Å². The SMILES string of the molecule is C#CCN1CCN(S(=O)(=O)c2ccc(CCCl)cc2)CC1. The monoisotopic (exact) mass is 326 g/mol. The maximum absolute atomic E-state index is 12.6. The number of benzene rings is 1. The third kappa shape index (κ3) is 3.98.